The lowest BCUT2D eigenvalue weighted by Crippen LogP contribution is -2.47. The largest absolute Gasteiger partial charge is 0.495 e. The topological polar surface area (TPSA) is 63.0 Å². The molecule has 0 unspecified atom stereocenters. The molecule has 0 spiro atoms. The fraction of sp³-hybridized carbons (Fsp3) is 0.240. The predicted octanol–water partition coefficient (Wildman–Crippen LogP) is 3.89. The highest BCUT2D eigenvalue weighted by Crippen LogP contribution is 2.27. The number of ether oxygens (including phenoxy) is 1. The molecule has 0 bridgehead atoms. The lowest BCUT2D eigenvalue weighted by Gasteiger charge is -2.31. The Labute approximate surface area is 192 Å². The molecule has 0 radical (unpaired) electrons. The number of aryl methyl sites for hydroxylation is 1. The van der Waals surface area contributed by atoms with E-state index in [0.717, 1.165) is 42.4 Å². The summed E-state index contributed by atoms with van der Waals surface area (Å²) in [5, 5.41) is 0. The van der Waals surface area contributed by atoms with Crippen molar-refractivity contribution >= 4 is 17.9 Å². The Morgan fingerprint density at radius 1 is 1.12 bits per heavy atom. The van der Waals surface area contributed by atoms with Crippen LogP contribution < -0.4 is 4.74 Å². The summed E-state index contributed by atoms with van der Waals surface area (Å²) in [5.74, 6) is 1.23. The number of hydrogen-bond donors (Lipinski definition) is 0. The normalized spacial score (nSPS) is 16.3. The van der Waals surface area contributed by atoms with E-state index in [2.05, 4.69) is 9.98 Å². The van der Waals surface area contributed by atoms with Crippen LogP contribution in [0.2, 0.25) is 0 Å². The summed E-state index contributed by atoms with van der Waals surface area (Å²) in [5.41, 5.74) is 3.17. The van der Waals surface area contributed by atoms with Gasteiger partial charge in [-0.3, -0.25) is 9.69 Å². The Bertz CT molecular complexity index is 1200. The number of rotatable bonds is 3. The summed E-state index contributed by atoms with van der Waals surface area (Å²) < 4.78 is 19.4. The third kappa shape index (κ3) is 4.95. The average molecular weight is 448 g/mol. The SMILES string of the molecule is COc1cc(/C=C2\N=C3N(C)CCCN3C2=O)ccc1-n1cnc(C)c1.Fc1ccccc1. The van der Waals surface area contributed by atoms with Gasteiger partial charge in [0.25, 0.3) is 5.91 Å². The predicted molar refractivity (Wildman–Crippen MR) is 126 cm³/mol. The quantitative estimate of drug-likeness (QED) is 0.572. The number of fused-ring (bicyclic) bond motifs is 1. The second-order valence-corrected chi connectivity index (χ2v) is 7.82. The molecular formula is C25H26FN5O2. The van der Waals surface area contributed by atoms with E-state index in [1.54, 1.807) is 36.5 Å². The van der Waals surface area contributed by atoms with Crippen LogP contribution in [0.25, 0.3) is 11.8 Å². The van der Waals surface area contributed by atoms with E-state index >= 15 is 0 Å². The molecule has 33 heavy (non-hydrogen) atoms. The molecule has 1 fully saturated rings. The van der Waals surface area contributed by atoms with Gasteiger partial charge in [-0.1, -0.05) is 24.3 Å². The van der Waals surface area contributed by atoms with Crippen molar-refractivity contribution in [3.05, 3.63) is 83.8 Å². The summed E-state index contributed by atoms with van der Waals surface area (Å²) >= 11 is 0. The molecule has 0 atom stereocenters. The smallest absolute Gasteiger partial charge is 0.279 e. The molecule has 0 N–H and O–H groups in total. The van der Waals surface area contributed by atoms with E-state index in [0.29, 0.717) is 11.4 Å². The molecular weight excluding hydrogens is 421 g/mol. The van der Waals surface area contributed by atoms with Gasteiger partial charge in [-0.25, -0.2) is 14.4 Å². The minimum Gasteiger partial charge on any atom is -0.495 e. The first-order chi connectivity index (χ1) is 16.0. The van der Waals surface area contributed by atoms with E-state index in [1.165, 1.54) is 12.1 Å². The van der Waals surface area contributed by atoms with Gasteiger partial charge < -0.3 is 14.2 Å². The average Bonchev–Trinajstić information content (AvgIpc) is 3.39. The minimum atomic E-state index is -0.178. The van der Waals surface area contributed by atoms with E-state index in [-0.39, 0.29) is 11.7 Å². The first-order valence-electron chi connectivity index (χ1n) is 10.7. The van der Waals surface area contributed by atoms with Crippen molar-refractivity contribution in [1.82, 2.24) is 19.4 Å². The molecule has 0 saturated carbocycles. The standard InChI is InChI=1S/C19H21N5O2.C6H5F/c1-13-11-23(12-20-13)16-6-5-14(10-17(16)26-3)9-15-18(25)24-8-4-7-22(2)19(24)21-15;7-6-4-2-1-3-5-6/h5-6,9-12H,4,7-8H2,1-3H3;1-5H/b15-9-;. The zero-order valence-corrected chi connectivity index (χ0v) is 18.9. The summed E-state index contributed by atoms with van der Waals surface area (Å²) in [6, 6.07) is 13.8. The van der Waals surface area contributed by atoms with E-state index in [4.69, 9.17) is 4.74 Å². The van der Waals surface area contributed by atoms with Crippen molar-refractivity contribution in [1.29, 1.82) is 0 Å². The van der Waals surface area contributed by atoms with E-state index in [1.807, 2.05) is 53.9 Å². The summed E-state index contributed by atoms with van der Waals surface area (Å²) in [6.45, 7) is 3.59. The molecule has 170 valence electrons. The molecule has 2 aliphatic heterocycles. The Kier molecular flexibility index (Phi) is 6.53. The van der Waals surface area contributed by atoms with Crippen molar-refractivity contribution in [2.24, 2.45) is 4.99 Å². The van der Waals surface area contributed by atoms with Gasteiger partial charge in [0, 0.05) is 26.3 Å². The van der Waals surface area contributed by atoms with Crippen molar-refractivity contribution in [3.63, 3.8) is 0 Å². The molecule has 1 aromatic heterocycles. The third-order valence-corrected chi connectivity index (χ3v) is 5.37. The maximum absolute atomic E-state index is 12.6. The second kappa shape index (κ2) is 9.68. The number of methoxy groups -OCH3 is 1. The van der Waals surface area contributed by atoms with Gasteiger partial charge in [-0.15, -0.1) is 0 Å². The van der Waals surface area contributed by atoms with Gasteiger partial charge in [0.1, 0.15) is 17.3 Å². The van der Waals surface area contributed by atoms with E-state index in [9.17, 15) is 9.18 Å². The highest BCUT2D eigenvalue weighted by Gasteiger charge is 2.34. The summed E-state index contributed by atoms with van der Waals surface area (Å²) in [7, 11) is 3.60. The Balaban J connectivity index is 0.000000318. The lowest BCUT2D eigenvalue weighted by atomic mass is 10.1. The Hall–Kier alpha value is -3.94. The van der Waals surface area contributed by atoms with Crippen LogP contribution in [0.4, 0.5) is 4.39 Å². The number of hydrogen-bond acceptors (Lipinski definition) is 5. The number of imidazole rings is 1. The molecule has 2 aromatic carbocycles. The lowest BCUT2D eigenvalue weighted by molar-refractivity contribution is -0.123. The molecule has 1 amide bonds. The fourth-order valence-corrected chi connectivity index (χ4v) is 3.72. The fourth-order valence-electron chi connectivity index (χ4n) is 3.72. The molecule has 7 nitrogen and oxygen atoms in total. The van der Waals surface area contributed by atoms with Gasteiger partial charge >= 0.3 is 0 Å². The van der Waals surface area contributed by atoms with Gasteiger partial charge in [0.05, 0.1) is 24.8 Å². The second-order valence-electron chi connectivity index (χ2n) is 7.82. The van der Waals surface area contributed by atoms with E-state index < -0.39 is 0 Å². The van der Waals surface area contributed by atoms with Gasteiger partial charge in [0.15, 0.2) is 0 Å². The number of guanidine groups is 1. The molecule has 1 saturated heterocycles. The number of aromatic nitrogens is 2. The van der Waals surface area contributed by atoms with Crippen LogP contribution in [0, 0.1) is 12.7 Å². The van der Waals surface area contributed by atoms with Gasteiger partial charge in [-0.2, -0.15) is 0 Å². The number of nitrogens with zero attached hydrogens (tertiary/aromatic N) is 5. The van der Waals surface area contributed by atoms with Gasteiger partial charge in [0.2, 0.25) is 5.96 Å². The first kappa shape index (κ1) is 22.3. The first-order valence-corrected chi connectivity index (χ1v) is 10.7. The molecule has 3 aromatic rings. The Morgan fingerprint density at radius 3 is 2.52 bits per heavy atom. The van der Waals surface area contributed by atoms with Crippen LogP contribution in [0.3, 0.4) is 0 Å². The van der Waals surface area contributed by atoms with Crippen molar-refractivity contribution in [3.8, 4) is 11.4 Å². The molecule has 8 heteroatoms. The Morgan fingerprint density at radius 2 is 1.91 bits per heavy atom. The van der Waals surface area contributed by atoms with Crippen molar-refractivity contribution < 1.29 is 13.9 Å². The number of carbonyl (C=O) groups excluding carboxylic acids is 1. The summed E-state index contributed by atoms with van der Waals surface area (Å²) in [6.07, 6.45) is 6.47. The monoisotopic (exact) mass is 447 g/mol. The number of amides is 1. The number of halogens is 1. The number of carbonyl (C=O) groups is 1. The van der Waals surface area contributed by atoms with Crippen LogP contribution in [-0.4, -0.2) is 58.5 Å². The zero-order chi connectivity index (χ0) is 23.4. The maximum atomic E-state index is 12.6. The van der Waals surface area contributed by atoms with Crippen LogP contribution in [0.1, 0.15) is 17.7 Å². The zero-order valence-electron chi connectivity index (χ0n) is 18.9. The third-order valence-electron chi connectivity index (χ3n) is 5.37. The number of benzene rings is 2. The van der Waals surface area contributed by atoms with Crippen molar-refractivity contribution in [2.45, 2.75) is 13.3 Å². The molecule has 2 aliphatic rings. The minimum absolute atomic E-state index is 0.0418. The van der Waals surface area contributed by atoms with Crippen LogP contribution in [0.5, 0.6) is 5.75 Å². The molecule has 5 rings (SSSR count). The van der Waals surface area contributed by atoms with Crippen molar-refractivity contribution in [2.75, 3.05) is 27.2 Å². The highest BCUT2D eigenvalue weighted by atomic mass is 19.1. The molecule has 0 aliphatic carbocycles. The van der Waals surface area contributed by atoms with Crippen LogP contribution in [0.15, 0.2) is 71.7 Å². The van der Waals surface area contributed by atoms with Crippen LogP contribution >= 0.6 is 0 Å². The number of aliphatic imine (C=N–C) groups is 1. The van der Waals surface area contributed by atoms with Crippen LogP contribution in [-0.2, 0) is 4.79 Å². The molecule has 3 heterocycles. The summed E-state index contributed by atoms with van der Waals surface area (Å²) in [4.78, 5) is 25.2. The highest BCUT2D eigenvalue weighted by molar-refractivity contribution is 6.13. The maximum Gasteiger partial charge on any atom is 0.279 e. The van der Waals surface area contributed by atoms with Gasteiger partial charge in [-0.05, 0) is 49.2 Å².